The van der Waals surface area contributed by atoms with Crippen LogP contribution in [-0.2, 0) is 4.74 Å². The maximum atomic E-state index is 13.4. The Kier molecular flexibility index (Phi) is 5.81. The number of nitriles is 1. The number of aromatic nitrogens is 3. The van der Waals surface area contributed by atoms with E-state index in [1.54, 1.807) is 21.7 Å². The molecule has 6 rings (SSSR count). The van der Waals surface area contributed by atoms with Crippen molar-refractivity contribution in [2.75, 3.05) is 26.2 Å². The molecule has 0 N–H and O–H groups in total. The van der Waals surface area contributed by atoms with Gasteiger partial charge in [0.05, 0.1) is 23.5 Å². The van der Waals surface area contributed by atoms with Gasteiger partial charge in [-0.05, 0) is 45.4 Å². The number of fused-ring (bicyclic) bond motifs is 3. The van der Waals surface area contributed by atoms with Crippen LogP contribution in [0.5, 0.6) is 5.75 Å². The number of nitrogens with zero attached hydrogens (tertiary/aromatic N) is 6. The van der Waals surface area contributed by atoms with Crippen molar-refractivity contribution in [2.45, 2.75) is 44.9 Å². The highest BCUT2D eigenvalue weighted by Gasteiger charge is 2.46. The molecule has 0 aromatic carbocycles. The minimum Gasteiger partial charge on any atom is -0.491 e. The van der Waals surface area contributed by atoms with Gasteiger partial charge in [0, 0.05) is 49.0 Å². The topological polar surface area (TPSA) is 96.0 Å². The second kappa shape index (κ2) is 8.82. The summed E-state index contributed by atoms with van der Waals surface area (Å²) in [4.78, 5) is 20.3. The summed E-state index contributed by atoms with van der Waals surface area (Å²) >= 11 is 0. The lowest BCUT2D eigenvalue weighted by molar-refractivity contribution is -0.0768. The largest absolute Gasteiger partial charge is 0.491 e. The maximum Gasteiger partial charge on any atom is 0.410 e. The molecule has 6 heterocycles. The highest BCUT2D eigenvalue weighted by molar-refractivity contribution is 5.84. The molecule has 10 heteroatoms. The van der Waals surface area contributed by atoms with E-state index in [0.717, 1.165) is 13.0 Å². The van der Waals surface area contributed by atoms with Gasteiger partial charge in [0.1, 0.15) is 24.0 Å². The second-order valence-electron chi connectivity index (χ2n) is 9.94. The Hall–Kier alpha value is -3.71. The Bertz CT molecular complexity index is 1280. The average molecular weight is 479 g/mol. The number of piperidine rings is 1. The molecule has 1 amide bonds. The Morgan fingerprint density at radius 3 is 2.69 bits per heavy atom. The number of halogens is 1. The number of hydrogen-bond acceptors (Lipinski definition) is 7. The fourth-order valence-corrected chi connectivity index (χ4v) is 4.81. The first-order valence-electron chi connectivity index (χ1n) is 11.6. The van der Waals surface area contributed by atoms with E-state index in [2.05, 4.69) is 21.1 Å². The van der Waals surface area contributed by atoms with Crippen molar-refractivity contribution < 1.29 is 18.7 Å². The maximum absolute atomic E-state index is 13.4. The van der Waals surface area contributed by atoms with Crippen LogP contribution < -0.4 is 4.74 Å². The van der Waals surface area contributed by atoms with Crippen LogP contribution in [0.15, 0.2) is 36.8 Å². The van der Waals surface area contributed by atoms with Crippen LogP contribution >= 0.6 is 0 Å². The number of ether oxygens (including phenoxy) is 2. The van der Waals surface area contributed by atoms with E-state index in [1.165, 1.54) is 18.5 Å². The van der Waals surface area contributed by atoms with E-state index in [1.807, 2.05) is 26.8 Å². The normalized spacial score (nSPS) is 19.8. The smallest absolute Gasteiger partial charge is 0.410 e. The molecule has 2 bridgehead atoms. The first-order chi connectivity index (χ1) is 16.7. The molecule has 3 aliphatic rings. The molecule has 3 aliphatic heterocycles. The summed E-state index contributed by atoms with van der Waals surface area (Å²) in [5, 5.41) is 13.8. The van der Waals surface area contributed by atoms with Crippen molar-refractivity contribution in [3.05, 3.63) is 48.3 Å². The third kappa shape index (κ3) is 4.64. The van der Waals surface area contributed by atoms with Gasteiger partial charge in [-0.3, -0.25) is 4.90 Å². The third-order valence-electron chi connectivity index (χ3n) is 6.36. The monoisotopic (exact) mass is 478 g/mol. The lowest BCUT2D eigenvalue weighted by Gasteiger charge is -2.56. The first kappa shape index (κ1) is 23.1. The van der Waals surface area contributed by atoms with Gasteiger partial charge < -0.3 is 14.4 Å². The van der Waals surface area contributed by atoms with Crippen molar-refractivity contribution in [2.24, 2.45) is 0 Å². The van der Waals surface area contributed by atoms with Crippen molar-refractivity contribution in [1.29, 1.82) is 5.26 Å². The van der Waals surface area contributed by atoms with Gasteiger partial charge in [0.2, 0.25) is 5.95 Å². The number of rotatable bonds is 5. The predicted octanol–water partition coefficient (Wildman–Crippen LogP) is 3.48. The summed E-state index contributed by atoms with van der Waals surface area (Å²) in [6, 6.07) is 7.48. The number of pyridine rings is 2. The lowest BCUT2D eigenvalue weighted by Crippen LogP contribution is -2.70. The van der Waals surface area contributed by atoms with Gasteiger partial charge in [-0.1, -0.05) is 0 Å². The van der Waals surface area contributed by atoms with Gasteiger partial charge in [0.15, 0.2) is 0 Å². The van der Waals surface area contributed by atoms with Gasteiger partial charge in [-0.25, -0.2) is 14.3 Å². The number of amides is 1. The minimum atomic E-state index is -0.573. The first-order valence-corrected chi connectivity index (χ1v) is 11.6. The van der Waals surface area contributed by atoms with E-state index >= 15 is 0 Å². The fraction of sp³-hybridized carbons (Fsp3) is 0.440. The van der Waals surface area contributed by atoms with Gasteiger partial charge in [-0.2, -0.15) is 14.8 Å². The lowest BCUT2D eigenvalue weighted by atomic mass is 9.88. The highest BCUT2D eigenvalue weighted by atomic mass is 19.1. The molecule has 0 spiro atoms. The summed E-state index contributed by atoms with van der Waals surface area (Å²) in [6.07, 6.45) is 5.47. The Labute approximate surface area is 202 Å². The molecular formula is C25H27FN6O3. The van der Waals surface area contributed by atoms with E-state index in [-0.39, 0.29) is 6.09 Å². The molecular weight excluding hydrogens is 451 g/mol. The summed E-state index contributed by atoms with van der Waals surface area (Å²) in [5.41, 5.74) is 1.89. The van der Waals surface area contributed by atoms with Gasteiger partial charge in [-0.15, -0.1) is 0 Å². The van der Waals surface area contributed by atoms with Crippen molar-refractivity contribution >= 4 is 11.6 Å². The Morgan fingerprint density at radius 1 is 1.26 bits per heavy atom. The Balaban J connectivity index is 1.25. The molecule has 0 aliphatic carbocycles. The summed E-state index contributed by atoms with van der Waals surface area (Å²) in [7, 11) is 0. The summed E-state index contributed by atoms with van der Waals surface area (Å²) in [6.45, 7) is 8.12. The van der Waals surface area contributed by atoms with Crippen molar-refractivity contribution in [1.82, 2.24) is 24.4 Å². The molecule has 182 valence electrons. The SMILES string of the molecule is CC(C)(C)OC(=O)N1CC2CC(C1)N2CCOc1cc(-c2ccc(F)nc2)c2c(C#N)cnn2c1. The third-order valence-corrected chi connectivity index (χ3v) is 6.36. The van der Waals surface area contributed by atoms with E-state index in [4.69, 9.17) is 9.47 Å². The quantitative estimate of drug-likeness (QED) is 0.518. The van der Waals surface area contributed by atoms with Gasteiger partial charge >= 0.3 is 6.09 Å². The van der Waals surface area contributed by atoms with E-state index in [0.29, 0.717) is 59.7 Å². The number of piperazine rings is 1. The molecule has 3 fully saturated rings. The fourth-order valence-electron chi connectivity index (χ4n) is 4.81. The minimum absolute atomic E-state index is 0.254. The van der Waals surface area contributed by atoms with Crippen LogP contribution in [0.2, 0.25) is 0 Å². The molecule has 0 saturated carbocycles. The molecule has 0 radical (unpaired) electrons. The highest BCUT2D eigenvalue weighted by Crippen LogP contribution is 2.33. The molecule has 35 heavy (non-hydrogen) atoms. The standard InChI is InChI=1S/C25H27FN6O3/c1-25(2,3)35-24(33)30-13-18-8-19(14-30)31(18)6-7-34-20-9-21(16-4-5-22(26)28-11-16)23-17(10-27)12-29-32(23)15-20/h4-5,9,11-12,15,18-19H,6-8,13-14H2,1-3H3. The van der Waals surface area contributed by atoms with Crippen LogP contribution in [-0.4, -0.2) is 74.4 Å². The van der Waals surface area contributed by atoms with Crippen LogP contribution in [0, 0.1) is 17.3 Å². The molecule has 3 saturated heterocycles. The van der Waals surface area contributed by atoms with Gasteiger partial charge in [0.25, 0.3) is 0 Å². The molecule has 2 unspecified atom stereocenters. The number of carbonyl (C=O) groups excluding carboxylic acids is 1. The molecule has 3 aromatic heterocycles. The molecule has 2 atom stereocenters. The zero-order valence-corrected chi connectivity index (χ0v) is 19.9. The van der Waals surface area contributed by atoms with Crippen LogP contribution in [0.3, 0.4) is 0 Å². The van der Waals surface area contributed by atoms with E-state index < -0.39 is 11.5 Å². The van der Waals surface area contributed by atoms with Crippen molar-refractivity contribution in [3.63, 3.8) is 0 Å². The van der Waals surface area contributed by atoms with Crippen LogP contribution in [0.1, 0.15) is 32.8 Å². The predicted molar refractivity (Wildman–Crippen MR) is 125 cm³/mol. The van der Waals surface area contributed by atoms with Crippen molar-refractivity contribution in [3.8, 4) is 22.9 Å². The second-order valence-corrected chi connectivity index (χ2v) is 9.94. The van der Waals surface area contributed by atoms with Crippen LogP contribution in [0.4, 0.5) is 9.18 Å². The number of hydrogen-bond donors (Lipinski definition) is 0. The number of carbonyl (C=O) groups is 1. The molecule has 3 aromatic rings. The summed E-state index contributed by atoms with van der Waals surface area (Å²) in [5.74, 6) is 0.0157. The molecule has 9 nitrogen and oxygen atoms in total. The van der Waals surface area contributed by atoms with Crippen LogP contribution in [0.25, 0.3) is 16.6 Å². The van der Waals surface area contributed by atoms with E-state index in [9.17, 15) is 14.4 Å². The Morgan fingerprint density at radius 2 is 2.03 bits per heavy atom. The summed E-state index contributed by atoms with van der Waals surface area (Å²) < 4.78 is 26.5. The zero-order valence-electron chi connectivity index (χ0n) is 19.9. The zero-order chi connectivity index (χ0) is 24.7. The average Bonchev–Trinajstić information content (AvgIpc) is 3.24.